The average Bonchev–Trinajstić information content (AvgIpc) is 2.50. The number of esters is 1. The Morgan fingerprint density at radius 3 is 2.38 bits per heavy atom. The second-order valence-electron chi connectivity index (χ2n) is 4.47. The van der Waals surface area contributed by atoms with E-state index < -0.39 is 0 Å². The Morgan fingerprint density at radius 2 is 1.81 bits per heavy atom. The molecule has 0 saturated heterocycles. The molecule has 0 radical (unpaired) electrons. The molecule has 0 aliphatic rings. The second kappa shape index (κ2) is 7.27. The van der Waals surface area contributed by atoms with Gasteiger partial charge in [0.05, 0.1) is 16.6 Å². The number of carbonyl (C=O) groups is 1. The highest BCUT2D eigenvalue weighted by Gasteiger charge is 2.11. The first-order valence-electron chi connectivity index (χ1n) is 6.87. The molecule has 0 fully saturated rings. The van der Waals surface area contributed by atoms with Gasteiger partial charge in [0.1, 0.15) is 11.5 Å². The number of ether oxygens (including phenoxy) is 2. The van der Waals surface area contributed by atoms with Gasteiger partial charge in [0, 0.05) is 0 Å². The minimum atomic E-state index is -0.386. The van der Waals surface area contributed by atoms with Crippen LogP contribution in [-0.2, 0) is 6.42 Å². The third-order valence-corrected chi connectivity index (χ3v) is 3.63. The molecule has 0 spiro atoms. The van der Waals surface area contributed by atoms with Crippen LogP contribution in [0.1, 0.15) is 29.8 Å². The highest BCUT2D eigenvalue weighted by atomic mass is 79.9. The molecule has 0 aliphatic carbocycles. The fourth-order valence-electron chi connectivity index (χ4n) is 1.86. The largest absolute Gasteiger partial charge is 0.493 e. The van der Waals surface area contributed by atoms with Crippen LogP contribution in [0.3, 0.4) is 0 Å². The Bertz CT molecular complexity index is 620. The Labute approximate surface area is 133 Å². The van der Waals surface area contributed by atoms with Gasteiger partial charge in [0.25, 0.3) is 0 Å². The topological polar surface area (TPSA) is 35.5 Å². The molecule has 21 heavy (non-hydrogen) atoms. The normalized spacial score (nSPS) is 10.2. The van der Waals surface area contributed by atoms with Crippen molar-refractivity contribution in [1.29, 1.82) is 0 Å². The van der Waals surface area contributed by atoms with E-state index in [1.54, 1.807) is 30.3 Å². The average molecular weight is 349 g/mol. The van der Waals surface area contributed by atoms with E-state index in [9.17, 15) is 4.79 Å². The molecule has 2 rings (SSSR count). The molecule has 2 aromatic carbocycles. The zero-order valence-corrected chi connectivity index (χ0v) is 13.6. The van der Waals surface area contributed by atoms with E-state index in [2.05, 4.69) is 22.9 Å². The van der Waals surface area contributed by atoms with Gasteiger partial charge >= 0.3 is 5.97 Å². The van der Waals surface area contributed by atoms with E-state index in [-0.39, 0.29) is 5.97 Å². The van der Waals surface area contributed by atoms with Gasteiger partial charge in [-0.15, -0.1) is 0 Å². The van der Waals surface area contributed by atoms with Crippen LogP contribution in [0, 0.1) is 0 Å². The van der Waals surface area contributed by atoms with Gasteiger partial charge < -0.3 is 9.47 Å². The lowest BCUT2D eigenvalue weighted by Crippen LogP contribution is -2.08. The summed E-state index contributed by atoms with van der Waals surface area (Å²) >= 11 is 3.39. The summed E-state index contributed by atoms with van der Waals surface area (Å²) in [6.07, 6.45) is 0.958. The molecule has 0 saturated carbocycles. The van der Waals surface area contributed by atoms with Gasteiger partial charge in [0.2, 0.25) is 0 Å². The standard InChI is InChI=1S/C17H17BrO3/c1-3-12-5-8-14(9-6-12)21-17(19)13-7-10-16(20-4-2)15(18)11-13/h5-11H,3-4H2,1-2H3. The minimum absolute atomic E-state index is 0.386. The third kappa shape index (κ3) is 4.08. The molecule has 0 unspecified atom stereocenters. The summed E-state index contributed by atoms with van der Waals surface area (Å²) in [5, 5.41) is 0. The lowest BCUT2D eigenvalue weighted by Gasteiger charge is -2.08. The van der Waals surface area contributed by atoms with Crippen LogP contribution in [0.15, 0.2) is 46.9 Å². The molecule has 0 aliphatic heterocycles. The summed E-state index contributed by atoms with van der Waals surface area (Å²) < 4.78 is 11.5. The van der Waals surface area contributed by atoms with Crippen molar-refractivity contribution >= 4 is 21.9 Å². The van der Waals surface area contributed by atoms with Crippen molar-refractivity contribution in [2.75, 3.05) is 6.61 Å². The molecule has 0 bridgehead atoms. The van der Waals surface area contributed by atoms with Crippen LogP contribution in [0.5, 0.6) is 11.5 Å². The molecule has 110 valence electrons. The smallest absolute Gasteiger partial charge is 0.343 e. The predicted molar refractivity (Wildman–Crippen MR) is 86.1 cm³/mol. The quantitative estimate of drug-likeness (QED) is 0.583. The van der Waals surface area contributed by atoms with Crippen molar-refractivity contribution in [3.05, 3.63) is 58.1 Å². The molecule has 0 amide bonds. The van der Waals surface area contributed by atoms with Gasteiger partial charge in [-0.25, -0.2) is 4.79 Å². The maximum Gasteiger partial charge on any atom is 0.343 e. The van der Waals surface area contributed by atoms with Crippen LogP contribution in [0.25, 0.3) is 0 Å². The van der Waals surface area contributed by atoms with E-state index in [0.29, 0.717) is 23.7 Å². The predicted octanol–water partition coefficient (Wildman–Crippen LogP) is 4.63. The first-order valence-corrected chi connectivity index (χ1v) is 7.66. The summed E-state index contributed by atoms with van der Waals surface area (Å²) in [6, 6.07) is 12.7. The van der Waals surface area contributed by atoms with Crippen molar-refractivity contribution in [3.8, 4) is 11.5 Å². The van der Waals surface area contributed by atoms with Crippen LogP contribution in [0.2, 0.25) is 0 Å². The third-order valence-electron chi connectivity index (χ3n) is 3.01. The van der Waals surface area contributed by atoms with Gasteiger partial charge in [-0.05, 0) is 65.2 Å². The monoisotopic (exact) mass is 348 g/mol. The molecule has 4 heteroatoms. The van der Waals surface area contributed by atoms with Gasteiger partial charge in [0.15, 0.2) is 0 Å². The fourth-order valence-corrected chi connectivity index (χ4v) is 2.35. The second-order valence-corrected chi connectivity index (χ2v) is 5.32. The summed E-state index contributed by atoms with van der Waals surface area (Å²) in [4.78, 5) is 12.1. The molecule has 3 nitrogen and oxygen atoms in total. The number of hydrogen-bond acceptors (Lipinski definition) is 3. The lowest BCUT2D eigenvalue weighted by atomic mass is 10.2. The zero-order valence-electron chi connectivity index (χ0n) is 12.1. The molecular formula is C17H17BrO3. The van der Waals surface area contributed by atoms with Crippen molar-refractivity contribution < 1.29 is 14.3 Å². The Balaban J connectivity index is 2.10. The molecular weight excluding hydrogens is 332 g/mol. The van der Waals surface area contributed by atoms with E-state index in [1.165, 1.54) is 5.56 Å². The molecule has 0 aromatic heterocycles. The van der Waals surface area contributed by atoms with Gasteiger partial charge in [-0.1, -0.05) is 19.1 Å². The zero-order chi connectivity index (χ0) is 15.2. The van der Waals surface area contributed by atoms with Crippen molar-refractivity contribution in [2.45, 2.75) is 20.3 Å². The minimum Gasteiger partial charge on any atom is -0.493 e. The van der Waals surface area contributed by atoms with Crippen LogP contribution < -0.4 is 9.47 Å². The van der Waals surface area contributed by atoms with E-state index in [4.69, 9.17) is 9.47 Å². The Hall–Kier alpha value is -1.81. The number of hydrogen-bond donors (Lipinski definition) is 0. The van der Waals surface area contributed by atoms with Crippen molar-refractivity contribution in [2.24, 2.45) is 0 Å². The number of rotatable bonds is 5. The molecule has 0 heterocycles. The lowest BCUT2D eigenvalue weighted by molar-refractivity contribution is 0.0734. The first-order chi connectivity index (χ1) is 10.1. The highest BCUT2D eigenvalue weighted by molar-refractivity contribution is 9.10. The van der Waals surface area contributed by atoms with Gasteiger partial charge in [-0.2, -0.15) is 0 Å². The van der Waals surface area contributed by atoms with Crippen LogP contribution in [0.4, 0.5) is 0 Å². The number of aryl methyl sites for hydroxylation is 1. The number of benzene rings is 2. The molecule has 0 N–H and O–H groups in total. The Morgan fingerprint density at radius 1 is 1.10 bits per heavy atom. The molecule has 2 aromatic rings. The van der Waals surface area contributed by atoms with E-state index in [0.717, 1.165) is 10.9 Å². The summed E-state index contributed by atoms with van der Waals surface area (Å²) in [7, 11) is 0. The Kier molecular flexibility index (Phi) is 5.39. The summed E-state index contributed by atoms with van der Waals surface area (Å²) in [6.45, 7) is 4.57. The maximum absolute atomic E-state index is 12.1. The SMILES string of the molecule is CCOc1ccc(C(=O)Oc2ccc(CC)cc2)cc1Br. The van der Waals surface area contributed by atoms with Gasteiger partial charge in [-0.3, -0.25) is 0 Å². The number of carbonyl (C=O) groups excluding carboxylic acids is 1. The van der Waals surface area contributed by atoms with Crippen molar-refractivity contribution in [1.82, 2.24) is 0 Å². The van der Waals surface area contributed by atoms with Crippen molar-refractivity contribution in [3.63, 3.8) is 0 Å². The van der Waals surface area contributed by atoms with E-state index >= 15 is 0 Å². The van der Waals surface area contributed by atoms with E-state index in [1.807, 2.05) is 19.1 Å². The van der Waals surface area contributed by atoms with Crippen LogP contribution in [-0.4, -0.2) is 12.6 Å². The maximum atomic E-state index is 12.1. The fraction of sp³-hybridized carbons (Fsp3) is 0.235. The summed E-state index contributed by atoms with van der Waals surface area (Å²) in [5.74, 6) is 0.867. The number of halogens is 1. The summed E-state index contributed by atoms with van der Waals surface area (Å²) in [5.41, 5.74) is 1.68. The first kappa shape index (κ1) is 15.6. The molecule has 0 atom stereocenters. The highest BCUT2D eigenvalue weighted by Crippen LogP contribution is 2.26. The van der Waals surface area contributed by atoms with Crippen LogP contribution >= 0.6 is 15.9 Å².